The van der Waals surface area contributed by atoms with E-state index in [1.807, 2.05) is 0 Å². The highest BCUT2D eigenvalue weighted by molar-refractivity contribution is 5.96. The lowest BCUT2D eigenvalue weighted by molar-refractivity contribution is -0.119. The molecule has 1 heterocycles. The molecule has 5 heteroatoms. The zero-order chi connectivity index (χ0) is 14.1. The van der Waals surface area contributed by atoms with Crippen LogP contribution < -0.4 is 10.2 Å². The summed E-state index contributed by atoms with van der Waals surface area (Å²) < 4.78 is 14.0. The van der Waals surface area contributed by atoms with Gasteiger partial charge in [-0.3, -0.25) is 9.59 Å². The summed E-state index contributed by atoms with van der Waals surface area (Å²) in [4.78, 5) is 25.0. The number of nitrogens with zero attached hydrogens (tertiary/aromatic N) is 1. The molecule has 1 saturated heterocycles. The molecule has 1 saturated carbocycles. The number of halogens is 1. The van der Waals surface area contributed by atoms with E-state index >= 15 is 0 Å². The van der Waals surface area contributed by atoms with Crippen LogP contribution in [0.2, 0.25) is 0 Å². The summed E-state index contributed by atoms with van der Waals surface area (Å²) in [5.74, 6) is -0.538. The second-order valence-electron chi connectivity index (χ2n) is 5.43. The third kappa shape index (κ3) is 2.66. The van der Waals surface area contributed by atoms with E-state index in [1.165, 1.54) is 12.1 Å². The summed E-state index contributed by atoms with van der Waals surface area (Å²) in [5, 5.41) is 2.60. The molecule has 0 bridgehead atoms. The van der Waals surface area contributed by atoms with Gasteiger partial charge in [0.25, 0.3) is 0 Å². The molecule has 2 amide bonds. The maximum Gasteiger partial charge on any atom is 0.227 e. The summed E-state index contributed by atoms with van der Waals surface area (Å²) in [6.45, 7) is 0.631. The largest absolute Gasteiger partial charge is 0.323 e. The first-order valence-corrected chi connectivity index (χ1v) is 7.06. The molecule has 0 aromatic heterocycles. The van der Waals surface area contributed by atoms with Crippen LogP contribution in [0.15, 0.2) is 18.2 Å². The molecule has 1 aromatic carbocycles. The van der Waals surface area contributed by atoms with E-state index in [1.54, 1.807) is 11.0 Å². The minimum absolute atomic E-state index is 0.0328. The van der Waals surface area contributed by atoms with Gasteiger partial charge >= 0.3 is 0 Å². The van der Waals surface area contributed by atoms with E-state index in [0.29, 0.717) is 18.7 Å². The van der Waals surface area contributed by atoms with Gasteiger partial charge in [0.15, 0.2) is 0 Å². The Morgan fingerprint density at radius 1 is 1.30 bits per heavy atom. The monoisotopic (exact) mass is 276 g/mol. The highest BCUT2D eigenvalue weighted by Crippen LogP contribution is 2.31. The van der Waals surface area contributed by atoms with E-state index in [0.717, 1.165) is 25.7 Å². The first-order chi connectivity index (χ1) is 9.65. The topological polar surface area (TPSA) is 49.4 Å². The third-order valence-corrected chi connectivity index (χ3v) is 3.79. The van der Waals surface area contributed by atoms with Crippen molar-refractivity contribution < 1.29 is 14.0 Å². The quantitative estimate of drug-likeness (QED) is 0.922. The van der Waals surface area contributed by atoms with Gasteiger partial charge in [0.2, 0.25) is 11.8 Å². The Labute approximate surface area is 117 Å². The molecule has 4 nitrogen and oxygen atoms in total. The molecule has 0 atom stereocenters. The Morgan fingerprint density at radius 3 is 2.75 bits per heavy atom. The number of piperidine rings is 1. The van der Waals surface area contributed by atoms with Crippen LogP contribution in [0.5, 0.6) is 0 Å². The van der Waals surface area contributed by atoms with E-state index in [2.05, 4.69) is 5.32 Å². The van der Waals surface area contributed by atoms with Gasteiger partial charge in [0.05, 0.1) is 5.69 Å². The molecule has 0 unspecified atom stereocenters. The zero-order valence-corrected chi connectivity index (χ0v) is 11.2. The minimum atomic E-state index is -0.491. The molecule has 0 spiro atoms. The molecule has 3 rings (SSSR count). The number of hydrogen-bond donors (Lipinski definition) is 1. The number of benzene rings is 1. The minimum Gasteiger partial charge on any atom is -0.323 e. The van der Waals surface area contributed by atoms with Gasteiger partial charge in [0, 0.05) is 24.6 Å². The van der Waals surface area contributed by atoms with Gasteiger partial charge in [-0.1, -0.05) is 0 Å². The molecule has 1 aliphatic carbocycles. The Morgan fingerprint density at radius 2 is 2.10 bits per heavy atom. The highest BCUT2D eigenvalue weighted by atomic mass is 19.1. The van der Waals surface area contributed by atoms with Gasteiger partial charge in [0.1, 0.15) is 5.82 Å². The fourth-order valence-corrected chi connectivity index (χ4v) is 2.43. The van der Waals surface area contributed by atoms with E-state index in [9.17, 15) is 14.0 Å². The molecular formula is C15H17FN2O2. The van der Waals surface area contributed by atoms with Crippen molar-refractivity contribution in [2.75, 3.05) is 16.8 Å². The number of carbonyl (C=O) groups is 2. The van der Waals surface area contributed by atoms with Crippen LogP contribution in [0.4, 0.5) is 15.8 Å². The van der Waals surface area contributed by atoms with Crippen molar-refractivity contribution in [2.24, 2.45) is 5.92 Å². The summed E-state index contributed by atoms with van der Waals surface area (Å²) >= 11 is 0. The molecular weight excluding hydrogens is 259 g/mol. The average Bonchev–Trinajstić information content (AvgIpc) is 3.26. The lowest BCUT2D eigenvalue weighted by Crippen LogP contribution is -2.35. The average molecular weight is 276 g/mol. The molecule has 1 aliphatic heterocycles. The van der Waals surface area contributed by atoms with Gasteiger partial charge in [-0.2, -0.15) is 0 Å². The van der Waals surface area contributed by atoms with Crippen LogP contribution in [-0.4, -0.2) is 18.4 Å². The lowest BCUT2D eigenvalue weighted by Gasteiger charge is -2.27. The molecule has 2 aliphatic rings. The predicted octanol–water partition coefficient (Wildman–Crippen LogP) is 2.69. The molecule has 106 valence electrons. The van der Waals surface area contributed by atoms with Crippen molar-refractivity contribution in [3.8, 4) is 0 Å². The Bertz CT molecular complexity index is 555. The van der Waals surface area contributed by atoms with Crippen molar-refractivity contribution in [2.45, 2.75) is 32.1 Å². The number of rotatable bonds is 3. The standard InChI is InChI=1S/C15H17FN2O2/c16-12-9-11(18-8-2-1-3-14(18)19)6-7-13(12)17-15(20)10-4-5-10/h6-7,9-10H,1-5,8H2,(H,17,20). The second-order valence-corrected chi connectivity index (χ2v) is 5.43. The van der Waals surface area contributed by atoms with Crippen molar-refractivity contribution in [3.63, 3.8) is 0 Å². The van der Waals surface area contributed by atoms with Crippen LogP contribution >= 0.6 is 0 Å². The van der Waals surface area contributed by atoms with Gasteiger partial charge in [-0.15, -0.1) is 0 Å². The molecule has 0 radical (unpaired) electrons. The Hall–Kier alpha value is -1.91. The fraction of sp³-hybridized carbons (Fsp3) is 0.467. The zero-order valence-electron chi connectivity index (χ0n) is 11.2. The van der Waals surface area contributed by atoms with Crippen molar-refractivity contribution >= 4 is 23.2 Å². The SMILES string of the molecule is O=C(Nc1ccc(N2CCCCC2=O)cc1F)C1CC1. The van der Waals surface area contributed by atoms with Gasteiger partial charge in [-0.05, 0) is 43.9 Å². The first-order valence-electron chi connectivity index (χ1n) is 7.06. The summed E-state index contributed by atoms with van der Waals surface area (Å²) in [5.41, 5.74) is 0.756. The molecule has 1 N–H and O–H groups in total. The third-order valence-electron chi connectivity index (χ3n) is 3.79. The molecule has 2 fully saturated rings. The van der Waals surface area contributed by atoms with Crippen molar-refractivity contribution in [3.05, 3.63) is 24.0 Å². The van der Waals surface area contributed by atoms with Crippen LogP contribution in [-0.2, 0) is 9.59 Å². The highest BCUT2D eigenvalue weighted by Gasteiger charge is 2.30. The number of carbonyl (C=O) groups excluding carboxylic acids is 2. The smallest absolute Gasteiger partial charge is 0.227 e. The number of anilines is 2. The Kier molecular flexibility index (Phi) is 3.42. The van der Waals surface area contributed by atoms with E-state index in [4.69, 9.17) is 0 Å². The number of hydrogen-bond acceptors (Lipinski definition) is 2. The molecule has 1 aromatic rings. The van der Waals surface area contributed by atoms with Crippen molar-refractivity contribution in [1.29, 1.82) is 0 Å². The Balaban J connectivity index is 1.75. The van der Waals surface area contributed by atoms with Crippen LogP contribution in [0.1, 0.15) is 32.1 Å². The first kappa shape index (κ1) is 13.1. The van der Waals surface area contributed by atoms with E-state index < -0.39 is 5.82 Å². The van der Waals surface area contributed by atoms with Gasteiger partial charge < -0.3 is 10.2 Å². The normalized spacial score (nSPS) is 19.1. The predicted molar refractivity (Wildman–Crippen MR) is 74.0 cm³/mol. The summed E-state index contributed by atoms with van der Waals surface area (Å²) in [7, 11) is 0. The van der Waals surface area contributed by atoms with Crippen LogP contribution in [0.3, 0.4) is 0 Å². The molecule has 20 heavy (non-hydrogen) atoms. The number of nitrogens with one attached hydrogen (secondary N) is 1. The van der Waals surface area contributed by atoms with Crippen LogP contribution in [0, 0.1) is 11.7 Å². The van der Waals surface area contributed by atoms with Crippen molar-refractivity contribution in [1.82, 2.24) is 0 Å². The summed E-state index contributed by atoms with van der Waals surface area (Å²) in [6.07, 6.45) is 4.12. The summed E-state index contributed by atoms with van der Waals surface area (Å²) in [6, 6.07) is 4.55. The number of amides is 2. The maximum atomic E-state index is 14.0. The second kappa shape index (κ2) is 5.23. The fourth-order valence-electron chi connectivity index (χ4n) is 2.43. The lowest BCUT2D eigenvalue weighted by atomic mass is 10.1. The van der Waals surface area contributed by atoms with Gasteiger partial charge in [-0.25, -0.2) is 4.39 Å². The maximum absolute atomic E-state index is 14.0. The van der Waals surface area contributed by atoms with E-state index in [-0.39, 0.29) is 23.4 Å². The van der Waals surface area contributed by atoms with Crippen LogP contribution in [0.25, 0.3) is 0 Å².